The lowest BCUT2D eigenvalue weighted by atomic mass is 10.1. The molecule has 0 saturated heterocycles. The summed E-state index contributed by atoms with van der Waals surface area (Å²) in [7, 11) is 1.59. The van der Waals surface area contributed by atoms with Crippen molar-refractivity contribution in [2.24, 2.45) is 0 Å². The van der Waals surface area contributed by atoms with Gasteiger partial charge in [0, 0.05) is 30.1 Å². The van der Waals surface area contributed by atoms with E-state index in [1.54, 1.807) is 41.2 Å². The summed E-state index contributed by atoms with van der Waals surface area (Å²) < 4.78 is 6.72. The predicted molar refractivity (Wildman–Crippen MR) is 117 cm³/mol. The Labute approximate surface area is 181 Å². The first-order valence-electron chi connectivity index (χ1n) is 9.21. The monoisotopic (exact) mass is 449 g/mol. The van der Waals surface area contributed by atoms with Crippen LogP contribution in [-0.4, -0.2) is 46.4 Å². The summed E-state index contributed by atoms with van der Waals surface area (Å²) in [6, 6.07) is 7.12. The average molecular weight is 450 g/mol. The maximum absolute atomic E-state index is 12.9. The van der Waals surface area contributed by atoms with E-state index in [4.69, 9.17) is 16.3 Å². The van der Waals surface area contributed by atoms with Crippen LogP contribution in [0.25, 0.3) is 10.9 Å². The van der Waals surface area contributed by atoms with Gasteiger partial charge in [-0.1, -0.05) is 23.4 Å². The highest BCUT2D eigenvalue weighted by molar-refractivity contribution is 7.99. The van der Waals surface area contributed by atoms with Gasteiger partial charge in [0.2, 0.25) is 5.91 Å². The molecule has 0 saturated carbocycles. The van der Waals surface area contributed by atoms with E-state index in [1.165, 1.54) is 22.2 Å². The third-order valence-corrected chi connectivity index (χ3v) is 7.11. The Morgan fingerprint density at radius 1 is 1.38 bits per heavy atom. The maximum atomic E-state index is 12.9. The van der Waals surface area contributed by atoms with Gasteiger partial charge >= 0.3 is 0 Å². The van der Waals surface area contributed by atoms with Crippen molar-refractivity contribution in [2.75, 3.05) is 26.0 Å². The number of rotatable bonds is 6. The van der Waals surface area contributed by atoms with Gasteiger partial charge in [0.25, 0.3) is 5.56 Å². The molecule has 2 aromatic heterocycles. The van der Waals surface area contributed by atoms with Crippen LogP contribution in [0.15, 0.2) is 39.6 Å². The number of ether oxygens (including phenoxy) is 1. The topological polar surface area (TPSA) is 64.4 Å². The third-order valence-electron chi connectivity index (χ3n) is 4.89. The van der Waals surface area contributed by atoms with Gasteiger partial charge in [0.05, 0.1) is 29.8 Å². The van der Waals surface area contributed by atoms with Crippen LogP contribution >= 0.6 is 34.7 Å². The SMILES string of the molecule is COCCn1c(SCC(=O)N2CCc3sccc3C2)nc2cc(Cl)ccc2c1=O. The number of carbonyl (C=O) groups excluding carboxylic acids is 1. The lowest BCUT2D eigenvalue weighted by Gasteiger charge is -2.27. The third kappa shape index (κ3) is 4.35. The zero-order valence-electron chi connectivity index (χ0n) is 15.9. The largest absolute Gasteiger partial charge is 0.383 e. The first kappa shape index (κ1) is 20.4. The van der Waals surface area contributed by atoms with Crippen molar-refractivity contribution >= 4 is 51.5 Å². The van der Waals surface area contributed by atoms with Crippen LogP contribution in [0.2, 0.25) is 5.02 Å². The second-order valence-corrected chi connectivity index (χ2v) is 9.11. The lowest BCUT2D eigenvalue weighted by Crippen LogP contribution is -2.36. The van der Waals surface area contributed by atoms with Gasteiger partial charge in [-0.25, -0.2) is 4.98 Å². The van der Waals surface area contributed by atoms with Crippen LogP contribution in [-0.2, 0) is 29.0 Å². The average Bonchev–Trinajstić information content (AvgIpc) is 3.19. The van der Waals surface area contributed by atoms with Gasteiger partial charge in [0.1, 0.15) is 0 Å². The number of thioether (sulfide) groups is 1. The molecule has 4 rings (SSSR count). The maximum Gasteiger partial charge on any atom is 0.262 e. The Balaban J connectivity index is 1.56. The van der Waals surface area contributed by atoms with Crippen LogP contribution in [0.1, 0.15) is 10.4 Å². The molecule has 0 spiro atoms. The van der Waals surface area contributed by atoms with Gasteiger partial charge in [-0.15, -0.1) is 11.3 Å². The van der Waals surface area contributed by atoms with E-state index >= 15 is 0 Å². The highest BCUT2D eigenvalue weighted by atomic mass is 35.5. The number of amides is 1. The van der Waals surface area contributed by atoms with Gasteiger partial charge in [-0.05, 0) is 41.6 Å². The molecule has 0 fully saturated rings. The number of hydrogen-bond acceptors (Lipinski definition) is 6. The summed E-state index contributed by atoms with van der Waals surface area (Å²) in [6.07, 6.45) is 0.897. The number of nitrogens with zero attached hydrogens (tertiary/aromatic N) is 3. The van der Waals surface area contributed by atoms with Gasteiger partial charge in [-0.3, -0.25) is 14.2 Å². The Hall–Kier alpha value is -1.87. The molecule has 0 N–H and O–H groups in total. The summed E-state index contributed by atoms with van der Waals surface area (Å²) in [6.45, 7) is 2.13. The minimum Gasteiger partial charge on any atom is -0.383 e. The second kappa shape index (κ2) is 8.87. The molecule has 0 unspecified atom stereocenters. The Kier molecular flexibility index (Phi) is 6.24. The molecule has 1 aromatic carbocycles. The molecule has 0 bridgehead atoms. The predicted octanol–water partition coefficient (Wildman–Crippen LogP) is 3.43. The van der Waals surface area contributed by atoms with Crippen LogP contribution < -0.4 is 5.56 Å². The molecular weight excluding hydrogens is 430 g/mol. The first-order chi connectivity index (χ1) is 14.1. The summed E-state index contributed by atoms with van der Waals surface area (Å²) in [4.78, 5) is 33.6. The molecule has 6 nitrogen and oxygen atoms in total. The van der Waals surface area contributed by atoms with Crippen LogP contribution in [0, 0.1) is 0 Å². The Morgan fingerprint density at radius 3 is 3.07 bits per heavy atom. The fourth-order valence-electron chi connectivity index (χ4n) is 3.34. The van der Waals surface area contributed by atoms with Crippen molar-refractivity contribution in [3.05, 3.63) is 55.5 Å². The summed E-state index contributed by atoms with van der Waals surface area (Å²) in [5.41, 5.74) is 1.61. The molecule has 1 aliphatic rings. The molecule has 1 aliphatic heterocycles. The van der Waals surface area contributed by atoms with Crippen molar-refractivity contribution in [3.8, 4) is 0 Å². The van der Waals surface area contributed by atoms with E-state index in [1.807, 2.05) is 4.90 Å². The summed E-state index contributed by atoms with van der Waals surface area (Å²) >= 11 is 9.10. The van der Waals surface area contributed by atoms with Crippen LogP contribution in [0.4, 0.5) is 0 Å². The molecule has 3 aromatic rings. The number of fused-ring (bicyclic) bond motifs is 2. The van der Waals surface area contributed by atoms with Crippen molar-refractivity contribution in [1.82, 2.24) is 14.5 Å². The molecule has 9 heteroatoms. The quantitative estimate of drug-likeness (QED) is 0.426. The molecule has 152 valence electrons. The van der Waals surface area contributed by atoms with E-state index in [0.717, 1.165) is 13.0 Å². The van der Waals surface area contributed by atoms with Crippen molar-refractivity contribution in [2.45, 2.75) is 24.7 Å². The van der Waals surface area contributed by atoms with E-state index in [2.05, 4.69) is 16.4 Å². The van der Waals surface area contributed by atoms with E-state index in [-0.39, 0.29) is 17.2 Å². The van der Waals surface area contributed by atoms with Crippen molar-refractivity contribution in [1.29, 1.82) is 0 Å². The number of hydrogen-bond donors (Lipinski definition) is 0. The fraction of sp³-hybridized carbons (Fsp3) is 0.350. The minimum absolute atomic E-state index is 0.0468. The molecular formula is C20H20ClN3O3S2. The molecule has 3 heterocycles. The van der Waals surface area contributed by atoms with Gasteiger partial charge < -0.3 is 9.64 Å². The van der Waals surface area contributed by atoms with Crippen molar-refractivity contribution < 1.29 is 9.53 Å². The smallest absolute Gasteiger partial charge is 0.262 e. The van der Waals surface area contributed by atoms with Crippen molar-refractivity contribution in [3.63, 3.8) is 0 Å². The summed E-state index contributed by atoms with van der Waals surface area (Å²) in [5.74, 6) is 0.274. The number of halogens is 1. The van der Waals surface area contributed by atoms with E-state index in [9.17, 15) is 9.59 Å². The highest BCUT2D eigenvalue weighted by Gasteiger charge is 2.22. The van der Waals surface area contributed by atoms with E-state index in [0.29, 0.717) is 40.8 Å². The van der Waals surface area contributed by atoms with Crippen LogP contribution in [0.3, 0.4) is 0 Å². The van der Waals surface area contributed by atoms with Crippen LogP contribution in [0.5, 0.6) is 0 Å². The Bertz CT molecular complexity index is 1110. The van der Waals surface area contributed by atoms with E-state index < -0.39 is 0 Å². The molecule has 0 atom stereocenters. The molecule has 29 heavy (non-hydrogen) atoms. The second-order valence-electron chi connectivity index (χ2n) is 6.73. The standard InChI is InChI=1S/C20H20ClN3O3S2/c1-27-8-7-24-19(26)15-3-2-14(21)10-16(15)22-20(24)29-12-18(25)23-6-4-17-13(11-23)5-9-28-17/h2-3,5,9-10H,4,6-8,11-12H2,1H3. The van der Waals surface area contributed by atoms with Gasteiger partial charge in [-0.2, -0.15) is 0 Å². The Morgan fingerprint density at radius 2 is 2.24 bits per heavy atom. The highest BCUT2D eigenvalue weighted by Crippen LogP contribution is 2.25. The fourth-order valence-corrected chi connectivity index (χ4v) is 5.33. The number of methoxy groups -OCH3 is 1. The zero-order valence-corrected chi connectivity index (χ0v) is 18.3. The number of aromatic nitrogens is 2. The minimum atomic E-state index is -0.153. The zero-order chi connectivity index (χ0) is 20.4. The van der Waals surface area contributed by atoms with Gasteiger partial charge in [0.15, 0.2) is 5.16 Å². The number of benzene rings is 1. The summed E-state index contributed by atoms with van der Waals surface area (Å²) in [5, 5.41) is 3.60. The molecule has 0 radical (unpaired) electrons. The normalized spacial score (nSPS) is 13.7. The number of carbonyl (C=O) groups is 1. The lowest BCUT2D eigenvalue weighted by molar-refractivity contribution is -0.129. The first-order valence-corrected chi connectivity index (χ1v) is 11.5. The molecule has 1 amide bonds. The number of thiophene rings is 1. The molecule has 0 aliphatic carbocycles.